The van der Waals surface area contributed by atoms with Crippen molar-refractivity contribution in [2.75, 3.05) is 60.3 Å². The highest BCUT2D eigenvalue weighted by Gasteiger charge is 2.49. The van der Waals surface area contributed by atoms with Gasteiger partial charge in [-0.05, 0) is 84.4 Å². The zero-order valence-corrected chi connectivity index (χ0v) is 51.7. The van der Waals surface area contributed by atoms with Crippen molar-refractivity contribution in [2.24, 2.45) is 0 Å². The number of hydrogen-bond acceptors (Lipinski definition) is 14. The Bertz CT molecular complexity index is 1520. The third-order valence-corrected chi connectivity index (χ3v) is 14.2. The Kier molecular flexibility index (Phi) is 53.6. The number of carbonyl (C=O) groups is 6. The van der Waals surface area contributed by atoms with Gasteiger partial charge < -0.3 is 38.1 Å². The first-order valence-corrected chi connectivity index (χ1v) is 32.4. The number of allylic oxidation sites excluding steroid dienone is 2. The van der Waals surface area contributed by atoms with Gasteiger partial charge in [0.25, 0.3) is 0 Å². The van der Waals surface area contributed by atoms with Crippen LogP contribution in [0.2, 0.25) is 0 Å². The molecule has 0 bridgehead atoms. The predicted octanol–water partition coefficient (Wildman–Crippen LogP) is 16.3. The average Bonchev–Trinajstić information content (AvgIpc) is 3.44. The van der Waals surface area contributed by atoms with Crippen molar-refractivity contribution in [3.05, 3.63) is 11.8 Å². The van der Waals surface area contributed by atoms with E-state index in [9.17, 15) is 28.8 Å². The van der Waals surface area contributed by atoms with Crippen LogP contribution in [0.15, 0.2) is 11.8 Å². The van der Waals surface area contributed by atoms with Crippen LogP contribution in [-0.2, 0) is 61.9 Å². The minimum atomic E-state index is -2.36. The molecule has 0 spiro atoms. The molecule has 0 aliphatic carbocycles. The maximum atomic E-state index is 14.1. The maximum absolute atomic E-state index is 14.1. The number of hydrogen-bond donors (Lipinski definition) is 0. The van der Waals surface area contributed by atoms with Crippen LogP contribution in [-0.4, -0.2) is 107 Å². The van der Waals surface area contributed by atoms with E-state index in [1.165, 1.54) is 148 Å². The van der Waals surface area contributed by atoms with E-state index in [0.717, 1.165) is 63.5 Å². The lowest BCUT2D eigenvalue weighted by atomic mass is 9.94. The molecule has 0 aliphatic rings. The Morgan fingerprint density at radius 2 is 0.633 bits per heavy atom. The van der Waals surface area contributed by atoms with Gasteiger partial charge in [-0.15, -0.1) is 0 Å². The Hall–Kier alpha value is -3.68. The summed E-state index contributed by atoms with van der Waals surface area (Å²) < 4.78 is 39.6. The monoisotopic (exact) mass is 1120 g/mol. The molecule has 0 saturated heterocycles. The van der Waals surface area contributed by atoms with Gasteiger partial charge in [0.1, 0.15) is 0 Å². The second kappa shape index (κ2) is 56.2. The van der Waals surface area contributed by atoms with E-state index in [1.807, 2.05) is 0 Å². The van der Waals surface area contributed by atoms with Gasteiger partial charge in [-0.1, -0.05) is 201 Å². The van der Waals surface area contributed by atoms with Crippen LogP contribution < -0.4 is 0 Å². The fourth-order valence-electron chi connectivity index (χ4n) is 9.23. The molecule has 0 aromatic heterocycles. The van der Waals surface area contributed by atoms with Gasteiger partial charge in [0.05, 0.1) is 64.7 Å². The van der Waals surface area contributed by atoms with Crippen molar-refractivity contribution in [1.29, 1.82) is 0 Å². The smallest absolute Gasteiger partial charge is 0.351 e. The van der Waals surface area contributed by atoms with Gasteiger partial charge in [0, 0.05) is 25.8 Å². The van der Waals surface area contributed by atoms with E-state index in [2.05, 4.69) is 33.8 Å². The van der Waals surface area contributed by atoms with Crippen LogP contribution in [0.4, 0.5) is 0 Å². The summed E-state index contributed by atoms with van der Waals surface area (Å²) in [6, 6.07) is 0. The summed E-state index contributed by atoms with van der Waals surface area (Å²) in [6.07, 6.45) is 41.9. The molecule has 0 radical (unpaired) electrons. The lowest BCUT2D eigenvalue weighted by molar-refractivity contribution is -0.191. The zero-order valence-electron chi connectivity index (χ0n) is 51.7. The number of nitrogens with zero attached hydrogens (tertiary/aromatic N) is 1. The van der Waals surface area contributed by atoms with Gasteiger partial charge in [0.15, 0.2) is 0 Å². The Balaban J connectivity index is 5.42. The van der Waals surface area contributed by atoms with Gasteiger partial charge >= 0.3 is 35.8 Å². The topological polar surface area (TPSA) is 170 Å². The SMILES string of the molecule is CC/C=C(\CCCCCCCCCCCC)OCCCCOC(=O)CC(CC(=O)OCCCCOC(=O)CCCCCCCCCCCC)(OC(=O)CCN(C)C)C(=O)OCCCCOC(=O)CCCCCCCCCCCC. The molecule has 0 amide bonds. The van der Waals surface area contributed by atoms with Crippen LogP contribution in [0.1, 0.15) is 304 Å². The lowest BCUT2D eigenvalue weighted by Gasteiger charge is -2.30. The Labute approximate surface area is 482 Å². The fourth-order valence-corrected chi connectivity index (χ4v) is 9.23. The van der Waals surface area contributed by atoms with E-state index >= 15 is 0 Å². The van der Waals surface area contributed by atoms with Crippen LogP contribution in [0.5, 0.6) is 0 Å². The molecule has 14 nitrogen and oxygen atoms in total. The summed E-state index contributed by atoms with van der Waals surface area (Å²) >= 11 is 0. The van der Waals surface area contributed by atoms with Gasteiger partial charge in [0.2, 0.25) is 5.60 Å². The molecule has 0 fully saturated rings. The normalized spacial score (nSPS) is 12.3. The standard InChI is InChI=1S/C65H119NO13/c1-7-11-14-17-20-23-26-29-32-35-45-58(44-10-4)73-50-38-39-53-76-62(70)56-65(79-61(69)48-49-66(5)6,64(72)78-55-43-42-52-75-60(68)47-37-34-31-28-25-22-19-16-13-9-3)57-63(71)77-54-41-40-51-74-59(67)46-36-33-30-27-24-21-18-15-12-8-2/h44H,7-43,45-57H2,1-6H3/b58-44+. The predicted molar refractivity (Wildman–Crippen MR) is 317 cm³/mol. The summed E-state index contributed by atoms with van der Waals surface area (Å²) in [5.74, 6) is -3.10. The van der Waals surface area contributed by atoms with Gasteiger partial charge in [-0.25, -0.2) is 4.79 Å². The minimum absolute atomic E-state index is 0.0271. The second-order valence-corrected chi connectivity index (χ2v) is 22.2. The number of rotatable bonds is 59. The maximum Gasteiger partial charge on any atom is 0.351 e. The van der Waals surface area contributed by atoms with Crippen molar-refractivity contribution in [3.63, 3.8) is 0 Å². The van der Waals surface area contributed by atoms with Crippen LogP contribution in [0, 0.1) is 0 Å². The zero-order chi connectivity index (χ0) is 58.1. The molecule has 462 valence electrons. The first kappa shape index (κ1) is 75.3. The Morgan fingerprint density at radius 3 is 0.975 bits per heavy atom. The highest BCUT2D eigenvalue weighted by atomic mass is 16.6. The number of unbranched alkanes of at least 4 members (excludes halogenated alkanes) is 30. The first-order valence-electron chi connectivity index (χ1n) is 32.4. The van der Waals surface area contributed by atoms with E-state index < -0.39 is 42.3 Å². The van der Waals surface area contributed by atoms with Crippen molar-refractivity contribution in [3.8, 4) is 0 Å². The van der Waals surface area contributed by atoms with Crippen molar-refractivity contribution in [2.45, 2.75) is 309 Å². The molecule has 1 unspecified atom stereocenters. The molecule has 79 heavy (non-hydrogen) atoms. The molecule has 0 rings (SSSR count). The third-order valence-electron chi connectivity index (χ3n) is 14.2. The van der Waals surface area contributed by atoms with Crippen molar-refractivity contribution in [1.82, 2.24) is 4.90 Å². The van der Waals surface area contributed by atoms with E-state index in [1.54, 1.807) is 19.0 Å². The molecule has 0 N–H and O–H groups in total. The first-order chi connectivity index (χ1) is 38.4. The molecule has 14 heteroatoms. The number of ether oxygens (including phenoxy) is 7. The number of esters is 6. The summed E-state index contributed by atoms with van der Waals surface area (Å²) in [5, 5.41) is 0. The van der Waals surface area contributed by atoms with Crippen molar-refractivity contribution >= 4 is 35.8 Å². The molecule has 0 aromatic rings. The lowest BCUT2D eigenvalue weighted by Crippen LogP contribution is -2.49. The van der Waals surface area contributed by atoms with Crippen LogP contribution in [0.25, 0.3) is 0 Å². The van der Waals surface area contributed by atoms with Gasteiger partial charge in [-0.2, -0.15) is 0 Å². The van der Waals surface area contributed by atoms with E-state index in [4.69, 9.17) is 33.2 Å². The largest absolute Gasteiger partial charge is 0.498 e. The molecule has 0 aromatic carbocycles. The molecule has 0 heterocycles. The van der Waals surface area contributed by atoms with Crippen molar-refractivity contribution < 1.29 is 61.9 Å². The minimum Gasteiger partial charge on any atom is -0.498 e. The molecule has 1 atom stereocenters. The summed E-state index contributed by atoms with van der Waals surface area (Å²) in [6.45, 7) is 9.72. The molecule has 0 saturated carbocycles. The molecular formula is C65H119NO13. The highest BCUT2D eigenvalue weighted by Crippen LogP contribution is 2.27. The molecule has 0 aliphatic heterocycles. The summed E-state index contributed by atoms with van der Waals surface area (Å²) in [7, 11) is 3.56. The highest BCUT2D eigenvalue weighted by molar-refractivity contribution is 5.92. The second-order valence-electron chi connectivity index (χ2n) is 22.2. The van der Waals surface area contributed by atoms with Crippen LogP contribution in [0.3, 0.4) is 0 Å². The Morgan fingerprint density at radius 1 is 0.329 bits per heavy atom. The summed E-state index contributed by atoms with van der Waals surface area (Å²) in [5.41, 5.74) is -2.36. The third kappa shape index (κ3) is 49.8. The number of carbonyl (C=O) groups excluding carboxylic acids is 6. The average molecular weight is 1120 g/mol. The summed E-state index contributed by atoms with van der Waals surface area (Å²) in [4.78, 5) is 81.1. The van der Waals surface area contributed by atoms with Gasteiger partial charge in [-0.3, -0.25) is 24.0 Å². The fraction of sp³-hybridized carbons (Fsp3) is 0.877. The van der Waals surface area contributed by atoms with E-state index in [-0.39, 0.29) is 57.9 Å². The van der Waals surface area contributed by atoms with Crippen LogP contribution >= 0.6 is 0 Å². The molecular weight excluding hydrogens is 1000 g/mol. The van der Waals surface area contributed by atoms with E-state index in [0.29, 0.717) is 58.0 Å². The quantitative estimate of drug-likeness (QED) is 0.0244.